The molecule has 0 unspecified atom stereocenters. The molecule has 0 aliphatic carbocycles. The van der Waals surface area contributed by atoms with E-state index in [1.54, 1.807) is 32.6 Å². The smallest absolute Gasteiger partial charge is 1.00 e. The number of aliphatic hydroxyl groups is 3. The number of carbonyl (C=O) groups excluding carboxylic acids is 7. The number of esters is 2. The van der Waals surface area contributed by atoms with Crippen molar-refractivity contribution in [1.29, 1.82) is 0 Å². The molecule has 5 heterocycles. The molecule has 0 atom stereocenters. The van der Waals surface area contributed by atoms with Gasteiger partial charge in [0.15, 0.2) is 5.05 Å². The molecule has 364 valence electrons. The predicted molar refractivity (Wildman–Crippen MR) is 244 cm³/mol. The molecule has 0 spiro atoms. The zero-order valence-electron chi connectivity index (χ0n) is 35.9. The molecule has 0 radical (unpaired) electrons. The number of hydrogen-bond donors (Lipinski definition) is 6. The number of likely N-dealkylation sites (tertiary alicyclic amines) is 3. The number of carbonyl (C=O) groups is 7. The summed E-state index contributed by atoms with van der Waals surface area (Å²) in [4.78, 5) is 83.9. The third-order valence-electron chi connectivity index (χ3n) is 6.89. The first-order chi connectivity index (χ1) is 27.3. The SMILES string of the molecule is C.C.C.C.CCO.CCO.CCOC(=O)CCl.CCOC(=O)CN1CCCC1=O.CO.NNC(=O)CN1CCCC1=O.O=C1CCCN1.O=C1CCCN1CC1=NCC(=S)O1.[H-].[Na+]. The number of amides is 5. The number of ether oxygens (including phenoxy) is 3. The summed E-state index contributed by atoms with van der Waals surface area (Å²) >= 11 is 9.88. The Hall–Kier alpha value is -3.02. The minimum atomic E-state index is -0.357. The molecule has 5 aliphatic heterocycles. The number of nitrogens with one attached hydrogen (secondary N) is 2. The summed E-state index contributed by atoms with van der Waals surface area (Å²) in [7, 11) is 1.00. The van der Waals surface area contributed by atoms with Gasteiger partial charge in [0.05, 0.1) is 19.8 Å². The van der Waals surface area contributed by atoms with Gasteiger partial charge in [-0.15, -0.1) is 11.6 Å². The number of nitrogens with two attached hydrogens (primary N) is 1. The number of thiocarbonyl (C=S) groups is 1. The quantitative estimate of drug-likeness (QED) is 0.0311. The van der Waals surface area contributed by atoms with Crippen molar-refractivity contribution in [2.45, 2.75) is 109 Å². The van der Waals surface area contributed by atoms with Gasteiger partial charge in [-0.1, -0.05) is 29.7 Å². The predicted octanol–water partition coefficient (Wildman–Crippen LogP) is -0.913. The number of halogens is 1. The van der Waals surface area contributed by atoms with Crippen LogP contribution in [-0.4, -0.2) is 174 Å². The Balaban J connectivity index is -0.0000000789. The molecule has 0 aromatic carbocycles. The van der Waals surface area contributed by atoms with E-state index in [1.165, 1.54) is 9.80 Å². The maximum atomic E-state index is 11.2. The van der Waals surface area contributed by atoms with Gasteiger partial charge >= 0.3 is 41.5 Å². The molecule has 23 heteroatoms. The summed E-state index contributed by atoms with van der Waals surface area (Å²) in [6, 6.07) is 0. The first-order valence-electron chi connectivity index (χ1n) is 18.6. The van der Waals surface area contributed by atoms with E-state index in [4.69, 9.17) is 54.5 Å². The van der Waals surface area contributed by atoms with Gasteiger partial charge in [0, 0.05) is 72.2 Å². The maximum absolute atomic E-state index is 11.2. The summed E-state index contributed by atoms with van der Waals surface area (Å²) in [5.41, 5.74) is 1.98. The zero-order chi connectivity index (χ0) is 44.0. The molecule has 4 saturated heterocycles. The van der Waals surface area contributed by atoms with E-state index in [0.717, 1.165) is 52.3 Å². The number of rotatable bonds is 9. The number of aliphatic hydroxyl groups excluding tert-OH is 3. The van der Waals surface area contributed by atoms with Crippen LogP contribution in [0.2, 0.25) is 0 Å². The number of hydrogen-bond acceptors (Lipinski definition) is 16. The summed E-state index contributed by atoms with van der Waals surface area (Å²) in [5, 5.41) is 25.3. The van der Waals surface area contributed by atoms with E-state index in [1.807, 2.05) is 5.43 Å². The summed E-state index contributed by atoms with van der Waals surface area (Å²) in [6.07, 6.45) is 6.18. The van der Waals surface area contributed by atoms with Crippen molar-refractivity contribution in [2.24, 2.45) is 10.8 Å². The van der Waals surface area contributed by atoms with Crippen LogP contribution in [0.3, 0.4) is 0 Å². The van der Waals surface area contributed by atoms with Gasteiger partial charge in [0.25, 0.3) is 5.91 Å². The Morgan fingerprint density at radius 1 is 0.790 bits per heavy atom. The van der Waals surface area contributed by atoms with Gasteiger partial charge in [-0.05, 0) is 65.6 Å². The Morgan fingerprint density at radius 3 is 1.48 bits per heavy atom. The van der Waals surface area contributed by atoms with Crippen LogP contribution in [0.5, 0.6) is 0 Å². The molecule has 20 nitrogen and oxygen atoms in total. The minimum Gasteiger partial charge on any atom is -1.00 e. The number of alkyl halides is 1. The minimum absolute atomic E-state index is 0. The van der Waals surface area contributed by atoms with Gasteiger partial charge in [-0.3, -0.25) is 39.0 Å². The van der Waals surface area contributed by atoms with Crippen LogP contribution in [0, 0.1) is 0 Å². The molecule has 0 aromatic rings. The van der Waals surface area contributed by atoms with Crippen LogP contribution < -0.4 is 46.1 Å². The van der Waals surface area contributed by atoms with Gasteiger partial charge in [0.2, 0.25) is 29.5 Å². The van der Waals surface area contributed by atoms with Crippen molar-refractivity contribution in [1.82, 2.24) is 25.4 Å². The first-order valence-corrected chi connectivity index (χ1v) is 19.6. The number of aliphatic imine (C=N–C) groups is 1. The van der Waals surface area contributed by atoms with Gasteiger partial charge in [-0.25, -0.2) is 10.8 Å². The molecule has 0 aromatic heterocycles. The number of hydrazine groups is 1. The van der Waals surface area contributed by atoms with Crippen molar-refractivity contribution < 1.29 is 94.1 Å². The summed E-state index contributed by atoms with van der Waals surface area (Å²) < 4.78 is 14.3. The maximum Gasteiger partial charge on any atom is 1.00 e. The normalized spacial score (nSPS) is 14.6. The monoisotopic (exact) mass is 946 g/mol. The van der Waals surface area contributed by atoms with Gasteiger partial charge in [0.1, 0.15) is 25.5 Å². The summed E-state index contributed by atoms with van der Waals surface area (Å²) in [5.74, 6) is 4.89. The van der Waals surface area contributed by atoms with Crippen LogP contribution in [0.25, 0.3) is 0 Å². The van der Waals surface area contributed by atoms with Crippen LogP contribution in [0.4, 0.5) is 0 Å². The first kappa shape index (κ1) is 76.3. The second-order valence-corrected chi connectivity index (χ2v) is 12.1. The fraction of sp³-hybridized carbons (Fsp3) is 0.769. The molecule has 0 saturated carbocycles. The zero-order valence-corrected chi connectivity index (χ0v) is 38.5. The second kappa shape index (κ2) is 52.3. The molecule has 7 N–H and O–H groups in total. The van der Waals surface area contributed by atoms with E-state index >= 15 is 0 Å². The topological polar surface area (TPSA) is 280 Å². The molecule has 5 rings (SSSR count). The van der Waals surface area contributed by atoms with Crippen molar-refractivity contribution in [2.75, 3.05) is 91.8 Å². The Morgan fingerprint density at radius 2 is 1.21 bits per heavy atom. The Labute approximate surface area is 405 Å². The van der Waals surface area contributed by atoms with E-state index in [9.17, 15) is 33.6 Å². The van der Waals surface area contributed by atoms with E-state index in [0.29, 0.717) is 69.6 Å². The second-order valence-electron chi connectivity index (χ2n) is 11.3. The van der Waals surface area contributed by atoms with Crippen molar-refractivity contribution in [3.05, 3.63) is 0 Å². The molecular formula is C39H81ClN7NaO13S. The van der Waals surface area contributed by atoms with Crippen molar-refractivity contribution in [3.63, 3.8) is 0 Å². The van der Waals surface area contributed by atoms with Crippen LogP contribution >= 0.6 is 23.8 Å². The molecule has 5 amide bonds. The molecular weight excluding hydrogens is 865 g/mol. The molecule has 4 fully saturated rings. The van der Waals surface area contributed by atoms with Crippen LogP contribution in [0.15, 0.2) is 4.99 Å². The average Bonchev–Trinajstić information content (AvgIpc) is 4.06. The van der Waals surface area contributed by atoms with E-state index in [-0.39, 0.29) is 134 Å². The van der Waals surface area contributed by atoms with Crippen LogP contribution in [0.1, 0.15) is 110 Å². The average molecular weight is 947 g/mol. The van der Waals surface area contributed by atoms with E-state index in [2.05, 4.69) is 15.0 Å². The number of nitrogens with zero attached hydrogens (tertiary/aromatic N) is 4. The largest absolute Gasteiger partial charge is 1.00 e. The third-order valence-corrected chi connectivity index (χ3v) is 7.33. The standard InChI is InChI=1S/C8H10N2O2S.C8H13NO3.C6H11N3O2.C4H7ClO2.C4H7NO.2C2H6O.CH4O.4CH4.Na.H/c11-7-2-1-3-10(7)5-6-9-4-8(13)12-6;1-2-12-8(11)6-9-5-3-4-7(9)10;7-8-5(10)4-9-3-1-2-6(9)11;1-2-7-4(6)3-5;6-4-2-1-3-5-4;2*1-2-3;1-2;;;;;;/h1-5H2;2-6H2,1H3;1-4,7H2,(H,8,10);2-3H2,1H3;1-3H2,(H,5,6);2*3H,2H2,1H3;2H,1H3;4*1H4;;/q;;;;;;;;;;;;+1;-1. The van der Waals surface area contributed by atoms with Crippen LogP contribution in [-0.2, 0) is 47.8 Å². The molecule has 0 bridgehead atoms. The van der Waals surface area contributed by atoms with Gasteiger partial charge < -0.3 is 51.0 Å². The third kappa shape index (κ3) is 42.3. The fourth-order valence-corrected chi connectivity index (χ4v) is 4.79. The molecule has 62 heavy (non-hydrogen) atoms. The van der Waals surface area contributed by atoms with Crippen molar-refractivity contribution >= 4 is 76.2 Å². The van der Waals surface area contributed by atoms with E-state index < -0.39 is 0 Å². The van der Waals surface area contributed by atoms with Gasteiger partial charge in [-0.2, -0.15) is 0 Å². The van der Waals surface area contributed by atoms with Crippen molar-refractivity contribution in [3.8, 4) is 0 Å². The Kier molecular flexibility index (Phi) is 64.4. The summed E-state index contributed by atoms with van der Waals surface area (Å²) in [6.45, 7) is 12.4. The Bertz CT molecular complexity index is 1240. The molecule has 5 aliphatic rings. The fourth-order valence-electron chi connectivity index (χ4n) is 4.55.